The zero-order valence-corrected chi connectivity index (χ0v) is 18.5. The smallest absolute Gasteiger partial charge is 0.335 e. The minimum absolute atomic E-state index is 0.0196. The van der Waals surface area contributed by atoms with E-state index in [4.69, 9.17) is 15.9 Å². The second kappa shape index (κ2) is 9.92. The van der Waals surface area contributed by atoms with Crippen molar-refractivity contribution >= 4 is 40.4 Å². The summed E-state index contributed by atoms with van der Waals surface area (Å²) in [6, 6.07) is 16.8. The molecule has 1 N–H and O–H groups in total. The summed E-state index contributed by atoms with van der Waals surface area (Å²) in [7, 11) is 0. The Labute approximate surface area is 197 Å². The topological polar surface area (TPSA) is 84.9 Å². The Kier molecular flexibility index (Phi) is 6.60. The van der Waals surface area contributed by atoms with Gasteiger partial charge >= 0.3 is 6.03 Å². The highest BCUT2D eigenvalue weighted by molar-refractivity contribution is 6.39. The standard InChI is InChI=1S/C27H22N2O5/c1-3-15-33-20-12-10-19(11-13-20)29-26(31)23(25(30)28-27(29)32)17-22-21-8-6-5-7-18(21)9-14-24(22)34-16-4-2/h2,5-14,17H,3,15-16H2,1H3,(H,28,30,32)/b23-17-. The minimum Gasteiger partial charge on any atom is -0.494 e. The lowest BCUT2D eigenvalue weighted by molar-refractivity contribution is -0.122. The maximum absolute atomic E-state index is 13.3. The Bertz CT molecular complexity index is 1340. The molecule has 7 heteroatoms. The molecule has 4 rings (SSSR count). The molecule has 0 aliphatic carbocycles. The first-order valence-electron chi connectivity index (χ1n) is 10.8. The lowest BCUT2D eigenvalue weighted by atomic mass is 9.99. The van der Waals surface area contributed by atoms with Crippen LogP contribution in [0.15, 0.2) is 66.2 Å². The Hall–Kier alpha value is -4.57. The van der Waals surface area contributed by atoms with Crippen LogP contribution in [0.2, 0.25) is 0 Å². The minimum atomic E-state index is -0.823. The Morgan fingerprint density at radius 2 is 1.76 bits per heavy atom. The quantitative estimate of drug-likeness (QED) is 0.327. The summed E-state index contributed by atoms with van der Waals surface area (Å²) in [5.74, 6) is 1.92. The fourth-order valence-corrected chi connectivity index (χ4v) is 3.62. The van der Waals surface area contributed by atoms with Crippen molar-refractivity contribution in [3.8, 4) is 23.8 Å². The molecule has 34 heavy (non-hydrogen) atoms. The lowest BCUT2D eigenvalue weighted by Gasteiger charge is -2.26. The van der Waals surface area contributed by atoms with Gasteiger partial charge in [0.15, 0.2) is 0 Å². The number of hydrogen-bond donors (Lipinski definition) is 1. The maximum Gasteiger partial charge on any atom is 0.335 e. The largest absolute Gasteiger partial charge is 0.494 e. The van der Waals surface area contributed by atoms with E-state index >= 15 is 0 Å². The first-order valence-corrected chi connectivity index (χ1v) is 10.8. The Morgan fingerprint density at radius 3 is 2.50 bits per heavy atom. The first-order chi connectivity index (χ1) is 16.5. The number of anilines is 1. The molecule has 0 unspecified atom stereocenters. The van der Waals surface area contributed by atoms with Crippen LogP contribution in [0.5, 0.6) is 11.5 Å². The van der Waals surface area contributed by atoms with Crippen molar-refractivity contribution in [3.63, 3.8) is 0 Å². The number of terminal acetylenes is 1. The van der Waals surface area contributed by atoms with Gasteiger partial charge in [-0.05, 0) is 53.6 Å². The molecule has 7 nitrogen and oxygen atoms in total. The van der Waals surface area contributed by atoms with Crippen LogP contribution >= 0.6 is 0 Å². The number of fused-ring (bicyclic) bond motifs is 1. The van der Waals surface area contributed by atoms with Crippen molar-refractivity contribution in [3.05, 3.63) is 71.8 Å². The zero-order valence-electron chi connectivity index (χ0n) is 18.5. The number of imide groups is 2. The molecule has 0 spiro atoms. The van der Waals surface area contributed by atoms with Crippen LogP contribution in [0.4, 0.5) is 10.5 Å². The van der Waals surface area contributed by atoms with Crippen molar-refractivity contribution in [2.75, 3.05) is 18.1 Å². The fraction of sp³-hybridized carbons (Fsp3) is 0.148. The predicted octanol–water partition coefficient (Wildman–Crippen LogP) is 4.31. The zero-order chi connectivity index (χ0) is 24.1. The highest BCUT2D eigenvalue weighted by Crippen LogP contribution is 2.32. The van der Waals surface area contributed by atoms with Gasteiger partial charge in [0.2, 0.25) is 0 Å². The second-order valence-corrected chi connectivity index (χ2v) is 7.49. The van der Waals surface area contributed by atoms with Crippen molar-refractivity contribution in [2.24, 2.45) is 0 Å². The molecule has 1 saturated heterocycles. The molecule has 1 fully saturated rings. The van der Waals surface area contributed by atoms with E-state index in [1.54, 1.807) is 30.3 Å². The van der Waals surface area contributed by atoms with Crippen LogP contribution in [0.25, 0.3) is 16.8 Å². The van der Waals surface area contributed by atoms with E-state index in [1.165, 1.54) is 6.08 Å². The van der Waals surface area contributed by atoms with Gasteiger partial charge in [0.1, 0.15) is 23.7 Å². The third kappa shape index (κ3) is 4.48. The lowest BCUT2D eigenvalue weighted by Crippen LogP contribution is -2.54. The molecule has 1 aliphatic rings. The third-order valence-corrected chi connectivity index (χ3v) is 5.20. The second-order valence-electron chi connectivity index (χ2n) is 7.49. The molecule has 0 atom stereocenters. The maximum atomic E-state index is 13.3. The van der Waals surface area contributed by atoms with Gasteiger partial charge < -0.3 is 9.47 Å². The van der Waals surface area contributed by atoms with Crippen molar-refractivity contribution < 1.29 is 23.9 Å². The highest BCUT2D eigenvalue weighted by atomic mass is 16.5. The van der Waals surface area contributed by atoms with E-state index < -0.39 is 17.8 Å². The summed E-state index contributed by atoms with van der Waals surface area (Å²) in [6.07, 6.45) is 7.63. The Balaban J connectivity index is 1.76. The number of barbiturate groups is 1. The molecule has 1 heterocycles. The van der Waals surface area contributed by atoms with Gasteiger partial charge in [-0.25, -0.2) is 9.69 Å². The number of carbonyl (C=O) groups is 3. The summed E-state index contributed by atoms with van der Waals surface area (Å²) < 4.78 is 11.2. The summed E-state index contributed by atoms with van der Waals surface area (Å²) in [6.45, 7) is 2.57. The van der Waals surface area contributed by atoms with E-state index in [2.05, 4.69) is 11.2 Å². The molecular weight excluding hydrogens is 432 g/mol. The molecule has 4 amide bonds. The van der Waals surface area contributed by atoms with Crippen LogP contribution < -0.4 is 19.7 Å². The third-order valence-electron chi connectivity index (χ3n) is 5.20. The van der Waals surface area contributed by atoms with E-state index in [0.29, 0.717) is 29.4 Å². The average Bonchev–Trinajstić information content (AvgIpc) is 2.85. The number of amides is 4. The number of nitrogens with zero attached hydrogens (tertiary/aromatic N) is 1. The fourth-order valence-electron chi connectivity index (χ4n) is 3.62. The first kappa shape index (κ1) is 22.6. The molecule has 0 bridgehead atoms. The van der Waals surface area contributed by atoms with Gasteiger partial charge in [0.05, 0.1) is 12.3 Å². The monoisotopic (exact) mass is 454 g/mol. The number of urea groups is 1. The van der Waals surface area contributed by atoms with Gasteiger partial charge in [-0.2, -0.15) is 0 Å². The van der Waals surface area contributed by atoms with Crippen LogP contribution in [0, 0.1) is 12.3 Å². The van der Waals surface area contributed by atoms with E-state index in [9.17, 15) is 14.4 Å². The predicted molar refractivity (Wildman–Crippen MR) is 130 cm³/mol. The molecule has 0 radical (unpaired) electrons. The van der Waals surface area contributed by atoms with Crippen LogP contribution in [0.1, 0.15) is 18.9 Å². The van der Waals surface area contributed by atoms with Crippen LogP contribution in [0.3, 0.4) is 0 Å². The molecular formula is C27H22N2O5. The van der Waals surface area contributed by atoms with Gasteiger partial charge in [0.25, 0.3) is 11.8 Å². The van der Waals surface area contributed by atoms with Crippen molar-refractivity contribution in [2.45, 2.75) is 13.3 Å². The molecule has 1 aliphatic heterocycles. The molecule has 0 saturated carbocycles. The van der Waals surface area contributed by atoms with E-state index in [-0.39, 0.29) is 12.2 Å². The number of rotatable bonds is 7. The molecule has 170 valence electrons. The normalized spacial score (nSPS) is 14.8. The summed E-state index contributed by atoms with van der Waals surface area (Å²) in [4.78, 5) is 39.5. The van der Waals surface area contributed by atoms with E-state index in [0.717, 1.165) is 22.1 Å². The van der Waals surface area contributed by atoms with Gasteiger partial charge in [0, 0.05) is 5.56 Å². The van der Waals surface area contributed by atoms with Crippen LogP contribution in [-0.2, 0) is 9.59 Å². The Morgan fingerprint density at radius 1 is 1.00 bits per heavy atom. The number of ether oxygens (including phenoxy) is 2. The number of carbonyl (C=O) groups excluding carboxylic acids is 3. The van der Waals surface area contributed by atoms with E-state index in [1.807, 2.05) is 37.3 Å². The number of nitrogens with one attached hydrogen (secondary N) is 1. The SMILES string of the molecule is C#CCOc1ccc2ccccc2c1/C=C1/C(=O)NC(=O)N(c2ccc(OCCC)cc2)C1=O. The molecule has 0 aromatic heterocycles. The molecule has 3 aromatic carbocycles. The van der Waals surface area contributed by atoms with Gasteiger partial charge in [-0.1, -0.05) is 43.2 Å². The van der Waals surface area contributed by atoms with Crippen molar-refractivity contribution in [1.29, 1.82) is 0 Å². The number of benzene rings is 3. The summed E-state index contributed by atoms with van der Waals surface area (Å²) in [5, 5.41) is 3.90. The summed E-state index contributed by atoms with van der Waals surface area (Å²) in [5.41, 5.74) is 0.628. The van der Waals surface area contributed by atoms with Crippen molar-refractivity contribution in [1.82, 2.24) is 5.32 Å². The van der Waals surface area contributed by atoms with Gasteiger partial charge in [-0.3, -0.25) is 14.9 Å². The van der Waals surface area contributed by atoms with Crippen LogP contribution in [-0.4, -0.2) is 31.1 Å². The summed E-state index contributed by atoms with van der Waals surface area (Å²) >= 11 is 0. The molecule has 3 aromatic rings. The number of hydrogen-bond acceptors (Lipinski definition) is 5. The average molecular weight is 454 g/mol. The highest BCUT2D eigenvalue weighted by Gasteiger charge is 2.37. The van der Waals surface area contributed by atoms with Gasteiger partial charge in [-0.15, -0.1) is 6.42 Å².